The van der Waals surface area contributed by atoms with Gasteiger partial charge in [0.05, 0.1) is 12.3 Å². The predicted molar refractivity (Wildman–Crippen MR) is 137 cm³/mol. The highest BCUT2D eigenvalue weighted by Gasteiger charge is 2.27. The molecule has 2 aliphatic heterocycles. The molecule has 6 heteroatoms. The van der Waals surface area contributed by atoms with E-state index in [9.17, 15) is 0 Å². The SMILES string of the molecule is CCON(C(=S)Nc1ccc2[nH]cc(C3=CCN4CCCCC4C3)c2c1)c1ccccc1. The first kappa shape index (κ1) is 21.2. The summed E-state index contributed by atoms with van der Waals surface area (Å²) in [5.41, 5.74) is 5.77. The molecule has 1 saturated heterocycles. The number of hydrogen-bond donors (Lipinski definition) is 2. The zero-order valence-corrected chi connectivity index (χ0v) is 19.3. The first-order valence-corrected chi connectivity index (χ1v) is 12.0. The van der Waals surface area contributed by atoms with Gasteiger partial charge in [0.15, 0.2) is 0 Å². The van der Waals surface area contributed by atoms with Crippen molar-refractivity contribution in [2.45, 2.75) is 38.6 Å². The Morgan fingerprint density at radius 3 is 2.94 bits per heavy atom. The summed E-state index contributed by atoms with van der Waals surface area (Å²) in [4.78, 5) is 11.9. The number of rotatable bonds is 5. The van der Waals surface area contributed by atoms with E-state index in [-0.39, 0.29) is 0 Å². The fourth-order valence-electron chi connectivity index (χ4n) is 4.90. The van der Waals surface area contributed by atoms with Crippen LogP contribution in [-0.2, 0) is 4.84 Å². The van der Waals surface area contributed by atoms with Crippen molar-refractivity contribution >= 4 is 45.2 Å². The van der Waals surface area contributed by atoms with Crippen LogP contribution in [0.3, 0.4) is 0 Å². The number of aromatic amines is 1. The second-order valence-electron chi connectivity index (χ2n) is 8.52. The molecular weight excluding hydrogens is 416 g/mol. The van der Waals surface area contributed by atoms with Crippen molar-refractivity contribution in [1.82, 2.24) is 9.88 Å². The smallest absolute Gasteiger partial charge is 0.202 e. The monoisotopic (exact) mass is 446 g/mol. The fraction of sp³-hybridized carbons (Fsp3) is 0.346. The molecular formula is C26H30N4OS. The minimum Gasteiger partial charge on any atom is -0.361 e. The molecule has 2 aromatic carbocycles. The molecule has 2 aliphatic rings. The lowest BCUT2D eigenvalue weighted by molar-refractivity contribution is 0.158. The molecule has 0 aliphatic carbocycles. The lowest BCUT2D eigenvalue weighted by Crippen LogP contribution is -2.41. The maximum absolute atomic E-state index is 5.81. The van der Waals surface area contributed by atoms with E-state index in [0.29, 0.717) is 17.8 Å². The van der Waals surface area contributed by atoms with E-state index in [1.54, 1.807) is 5.06 Å². The Hall–Kier alpha value is -2.67. The molecule has 5 rings (SSSR count). The topological polar surface area (TPSA) is 43.5 Å². The normalized spacial score (nSPS) is 18.8. The lowest BCUT2D eigenvalue weighted by atomic mass is 9.89. The molecule has 1 aromatic heterocycles. The van der Waals surface area contributed by atoms with Crippen molar-refractivity contribution in [1.29, 1.82) is 0 Å². The number of nitrogens with one attached hydrogen (secondary N) is 2. The standard InChI is InChI=1S/C26H30N4OS/c1-2-31-30(21-8-4-3-5-9-21)26(32)28-20-11-12-25-23(17-20)24(18-27-25)19-13-15-29-14-7-6-10-22(29)16-19/h3-5,8-9,11-13,17-18,22,27H,2,6-7,10,14-16H2,1H3,(H,28,32). The molecule has 166 valence electrons. The number of para-hydroxylation sites is 1. The number of anilines is 2. The van der Waals surface area contributed by atoms with Crippen molar-refractivity contribution in [2.24, 2.45) is 0 Å². The minimum atomic E-state index is 0.518. The summed E-state index contributed by atoms with van der Waals surface area (Å²) in [6.45, 7) is 4.80. The number of fused-ring (bicyclic) bond motifs is 2. The minimum absolute atomic E-state index is 0.518. The summed E-state index contributed by atoms with van der Waals surface area (Å²) >= 11 is 5.69. The summed E-state index contributed by atoms with van der Waals surface area (Å²) < 4.78 is 0. The molecule has 0 saturated carbocycles. The molecule has 1 unspecified atom stereocenters. The van der Waals surface area contributed by atoms with Gasteiger partial charge in [-0.2, -0.15) is 5.06 Å². The Bertz CT molecular complexity index is 1120. The van der Waals surface area contributed by atoms with Gasteiger partial charge in [0.25, 0.3) is 0 Å². The summed E-state index contributed by atoms with van der Waals surface area (Å²) in [7, 11) is 0. The van der Waals surface area contributed by atoms with Gasteiger partial charge in [-0.05, 0) is 80.9 Å². The van der Waals surface area contributed by atoms with Gasteiger partial charge in [-0.15, -0.1) is 0 Å². The van der Waals surface area contributed by atoms with Crippen LogP contribution in [0, 0.1) is 0 Å². The molecule has 3 heterocycles. The third-order valence-electron chi connectivity index (χ3n) is 6.49. The van der Waals surface area contributed by atoms with Gasteiger partial charge >= 0.3 is 0 Å². The number of piperidine rings is 1. The van der Waals surface area contributed by atoms with Crippen LogP contribution >= 0.6 is 12.2 Å². The van der Waals surface area contributed by atoms with E-state index in [1.807, 2.05) is 37.3 Å². The quantitative estimate of drug-likeness (QED) is 0.374. The maximum atomic E-state index is 5.81. The average molecular weight is 447 g/mol. The van der Waals surface area contributed by atoms with Crippen LogP contribution in [0.5, 0.6) is 0 Å². The molecule has 0 spiro atoms. The second kappa shape index (κ2) is 9.45. The van der Waals surface area contributed by atoms with Gasteiger partial charge in [-0.1, -0.05) is 30.7 Å². The highest BCUT2D eigenvalue weighted by molar-refractivity contribution is 7.80. The summed E-state index contributed by atoms with van der Waals surface area (Å²) in [6, 6.07) is 17.0. The van der Waals surface area contributed by atoms with Crippen LogP contribution in [-0.4, -0.2) is 40.7 Å². The Balaban J connectivity index is 1.39. The number of aromatic nitrogens is 1. The highest BCUT2D eigenvalue weighted by Crippen LogP contribution is 2.35. The first-order chi connectivity index (χ1) is 15.7. The Morgan fingerprint density at radius 2 is 2.09 bits per heavy atom. The molecule has 0 radical (unpaired) electrons. The predicted octanol–water partition coefficient (Wildman–Crippen LogP) is 5.96. The van der Waals surface area contributed by atoms with Crippen molar-refractivity contribution < 1.29 is 4.84 Å². The van der Waals surface area contributed by atoms with E-state index < -0.39 is 0 Å². The first-order valence-electron chi connectivity index (χ1n) is 11.6. The van der Waals surface area contributed by atoms with Gasteiger partial charge in [0.2, 0.25) is 5.11 Å². The van der Waals surface area contributed by atoms with Crippen LogP contribution < -0.4 is 10.4 Å². The van der Waals surface area contributed by atoms with E-state index in [1.165, 1.54) is 42.3 Å². The van der Waals surface area contributed by atoms with Crippen LogP contribution in [0.2, 0.25) is 0 Å². The van der Waals surface area contributed by atoms with Crippen LogP contribution in [0.1, 0.15) is 38.2 Å². The van der Waals surface area contributed by atoms with Crippen molar-refractivity contribution in [3.63, 3.8) is 0 Å². The number of hydrogen-bond acceptors (Lipinski definition) is 3. The molecule has 2 N–H and O–H groups in total. The fourth-order valence-corrected chi connectivity index (χ4v) is 5.17. The molecule has 0 amide bonds. The summed E-state index contributed by atoms with van der Waals surface area (Å²) in [5, 5.41) is 6.80. The van der Waals surface area contributed by atoms with E-state index in [4.69, 9.17) is 17.1 Å². The molecule has 1 fully saturated rings. The highest BCUT2D eigenvalue weighted by atomic mass is 32.1. The number of benzene rings is 2. The van der Waals surface area contributed by atoms with E-state index >= 15 is 0 Å². The zero-order chi connectivity index (χ0) is 21.9. The number of H-pyrrole nitrogens is 1. The zero-order valence-electron chi connectivity index (χ0n) is 18.5. The third-order valence-corrected chi connectivity index (χ3v) is 6.76. The van der Waals surface area contributed by atoms with Gasteiger partial charge < -0.3 is 10.3 Å². The van der Waals surface area contributed by atoms with Crippen LogP contribution in [0.4, 0.5) is 11.4 Å². The molecule has 0 bridgehead atoms. The Labute approximate surface area is 195 Å². The van der Waals surface area contributed by atoms with E-state index in [0.717, 1.165) is 29.9 Å². The number of hydroxylamine groups is 1. The third kappa shape index (κ3) is 4.31. The molecule has 3 aromatic rings. The number of thiocarbonyl (C=S) groups is 1. The largest absolute Gasteiger partial charge is 0.361 e. The maximum Gasteiger partial charge on any atom is 0.202 e. The van der Waals surface area contributed by atoms with Crippen LogP contribution in [0.25, 0.3) is 16.5 Å². The van der Waals surface area contributed by atoms with Crippen molar-refractivity contribution in [2.75, 3.05) is 30.1 Å². The Kier molecular flexibility index (Phi) is 6.26. The van der Waals surface area contributed by atoms with E-state index in [2.05, 4.69) is 45.7 Å². The van der Waals surface area contributed by atoms with Crippen molar-refractivity contribution in [3.8, 4) is 0 Å². The van der Waals surface area contributed by atoms with Crippen LogP contribution in [0.15, 0.2) is 60.8 Å². The van der Waals surface area contributed by atoms with Gasteiger partial charge in [-0.25, -0.2) is 0 Å². The Morgan fingerprint density at radius 1 is 1.22 bits per heavy atom. The molecule has 1 atom stereocenters. The van der Waals surface area contributed by atoms with Gasteiger partial charge in [-0.3, -0.25) is 9.74 Å². The molecule has 32 heavy (non-hydrogen) atoms. The van der Waals surface area contributed by atoms with Gasteiger partial charge in [0, 0.05) is 40.9 Å². The molecule has 5 nitrogen and oxygen atoms in total. The summed E-state index contributed by atoms with van der Waals surface area (Å²) in [5.74, 6) is 0. The van der Waals surface area contributed by atoms with Crippen molar-refractivity contribution in [3.05, 3.63) is 66.4 Å². The second-order valence-corrected chi connectivity index (χ2v) is 8.91. The van der Waals surface area contributed by atoms with Gasteiger partial charge in [0.1, 0.15) is 0 Å². The summed E-state index contributed by atoms with van der Waals surface area (Å²) in [6.07, 6.45) is 9.71. The lowest BCUT2D eigenvalue weighted by Gasteiger charge is -2.38. The number of nitrogens with zero attached hydrogens (tertiary/aromatic N) is 2. The average Bonchev–Trinajstić information content (AvgIpc) is 3.26.